The third-order valence-corrected chi connectivity index (χ3v) is 5.34. The molecule has 0 saturated carbocycles. The number of aromatic amines is 1. The number of amides is 1. The molecular formula is C23H27N3O2. The van der Waals surface area contributed by atoms with Crippen LogP contribution in [-0.4, -0.2) is 16.1 Å². The maximum Gasteiger partial charge on any atom is 0.272 e. The predicted octanol–water partition coefficient (Wildman–Crippen LogP) is 4.56. The van der Waals surface area contributed by atoms with Gasteiger partial charge < -0.3 is 5.32 Å². The Labute approximate surface area is 165 Å². The number of nitrogens with one attached hydrogen (secondary N) is 2. The van der Waals surface area contributed by atoms with Crippen molar-refractivity contribution in [2.45, 2.75) is 46.1 Å². The van der Waals surface area contributed by atoms with Gasteiger partial charge in [-0.3, -0.25) is 9.59 Å². The molecule has 2 N–H and O–H groups in total. The molecule has 2 aromatic carbocycles. The first-order valence-electron chi connectivity index (χ1n) is 9.80. The first-order chi connectivity index (χ1) is 13.4. The Morgan fingerprint density at radius 1 is 1.00 bits per heavy atom. The van der Waals surface area contributed by atoms with Gasteiger partial charge in [0, 0.05) is 5.39 Å². The molecule has 2 unspecified atom stereocenters. The minimum Gasteiger partial charge on any atom is -0.344 e. The summed E-state index contributed by atoms with van der Waals surface area (Å²) >= 11 is 0. The molecule has 2 atom stereocenters. The van der Waals surface area contributed by atoms with Crippen molar-refractivity contribution in [2.75, 3.05) is 0 Å². The minimum atomic E-state index is -0.298. The van der Waals surface area contributed by atoms with Crippen molar-refractivity contribution in [1.82, 2.24) is 15.5 Å². The Kier molecular flexibility index (Phi) is 5.93. The summed E-state index contributed by atoms with van der Waals surface area (Å²) in [6.45, 7) is 8.54. The van der Waals surface area contributed by atoms with Gasteiger partial charge in [-0.05, 0) is 35.4 Å². The lowest BCUT2D eigenvalue weighted by Crippen LogP contribution is -2.33. The third kappa shape index (κ3) is 3.98. The van der Waals surface area contributed by atoms with Crippen LogP contribution in [0, 0.1) is 5.92 Å². The maximum atomic E-state index is 13.0. The molecule has 0 spiro atoms. The number of rotatable bonds is 6. The Morgan fingerprint density at radius 3 is 2.21 bits per heavy atom. The maximum absolute atomic E-state index is 13.0. The number of fused-ring (bicyclic) bond motifs is 1. The molecule has 146 valence electrons. The van der Waals surface area contributed by atoms with Crippen LogP contribution >= 0.6 is 0 Å². The van der Waals surface area contributed by atoms with E-state index in [0.717, 1.165) is 12.0 Å². The smallest absolute Gasteiger partial charge is 0.272 e. The fourth-order valence-electron chi connectivity index (χ4n) is 3.40. The van der Waals surface area contributed by atoms with Crippen LogP contribution in [0.3, 0.4) is 0 Å². The van der Waals surface area contributed by atoms with E-state index in [1.165, 1.54) is 5.56 Å². The SMILES string of the molecule is CCC(C)c1ccc(C(NC(=O)c2n[nH]c(=O)c3ccccc23)C(C)C)cc1. The molecule has 3 aromatic rings. The highest BCUT2D eigenvalue weighted by atomic mass is 16.2. The van der Waals surface area contributed by atoms with Crippen molar-refractivity contribution in [2.24, 2.45) is 5.92 Å². The lowest BCUT2D eigenvalue weighted by molar-refractivity contribution is 0.0921. The molecule has 0 aliphatic rings. The van der Waals surface area contributed by atoms with Crippen LogP contribution in [0.4, 0.5) is 0 Å². The van der Waals surface area contributed by atoms with Gasteiger partial charge in [-0.2, -0.15) is 5.10 Å². The average Bonchev–Trinajstić information content (AvgIpc) is 2.71. The summed E-state index contributed by atoms with van der Waals surface area (Å²) in [5, 5.41) is 10.6. The van der Waals surface area contributed by atoms with E-state index in [-0.39, 0.29) is 29.1 Å². The van der Waals surface area contributed by atoms with Gasteiger partial charge in [0.2, 0.25) is 0 Å². The second-order valence-corrected chi connectivity index (χ2v) is 7.62. The van der Waals surface area contributed by atoms with E-state index >= 15 is 0 Å². The number of benzene rings is 2. The zero-order valence-electron chi connectivity index (χ0n) is 16.8. The monoisotopic (exact) mass is 377 g/mol. The van der Waals surface area contributed by atoms with Crippen molar-refractivity contribution in [1.29, 1.82) is 0 Å². The Balaban J connectivity index is 1.90. The zero-order valence-corrected chi connectivity index (χ0v) is 16.8. The molecule has 5 nitrogen and oxygen atoms in total. The van der Waals surface area contributed by atoms with Gasteiger partial charge in [0.25, 0.3) is 11.5 Å². The first-order valence-corrected chi connectivity index (χ1v) is 9.80. The van der Waals surface area contributed by atoms with E-state index in [9.17, 15) is 9.59 Å². The molecule has 0 saturated heterocycles. The highest BCUT2D eigenvalue weighted by Crippen LogP contribution is 2.26. The van der Waals surface area contributed by atoms with Gasteiger partial charge in [-0.15, -0.1) is 0 Å². The van der Waals surface area contributed by atoms with E-state index in [4.69, 9.17) is 0 Å². The Bertz CT molecular complexity index is 1020. The fourth-order valence-corrected chi connectivity index (χ4v) is 3.40. The molecule has 1 aromatic heterocycles. The Hall–Kier alpha value is -2.95. The number of nitrogens with zero attached hydrogens (tertiary/aromatic N) is 1. The van der Waals surface area contributed by atoms with Crippen LogP contribution in [0.2, 0.25) is 0 Å². The minimum absolute atomic E-state index is 0.147. The van der Waals surface area contributed by atoms with E-state index in [1.807, 2.05) is 0 Å². The van der Waals surface area contributed by atoms with Gasteiger partial charge in [-0.1, -0.05) is 70.2 Å². The Morgan fingerprint density at radius 2 is 1.61 bits per heavy atom. The van der Waals surface area contributed by atoms with Crippen LogP contribution in [0.1, 0.15) is 67.7 Å². The molecule has 0 aliphatic heterocycles. The number of hydrogen-bond acceptors (Lipinski definition) is 3. The van der Waals surface area contributed by atoms with E-state index < -0.39 is 0 Å². The zero-order chi connectivity index (χ0) is 20.3. The lowest BCUT2D eigenvalue weighted by atomic mass is 9.92. The second-order valence-electron chi connectivity index (χ2n) is 7.62. The summed E-state index contributed by atoms with van der Waals surface area (Å²) in [5.74, 6) is 0.419. The largest absolute Gasteiger partial charge is 0.344 e. The summed E-state index contributed by atoms with van der Waals surface area (Å²) in [4.78, 5) is 25.0. The van der Waals surface area contributed by atoms with Gasteiger partial charge in [0.15, 0.2) is 5.69 Å². The number of hydrogen-bond donors (Lipinski definition) is 2. The van der Waals surface area contributed by atoms with Crippen LogP contribution in [-0.2, 0) is 0 Å². The fraction of sp³-hybridized carbons (Fsp3) is 0.348. The van der Waals surface area contributed by atoms with Crippen LogP contribution < -0.4 is 10.9 Å². The quantitative estimate of drug-likeness (QED) is 0.661. The van der Waals surface area contributed by atoms with Crippen molar-refractivity contribution >= 4 is 16.7 Å². The molecule has 0 bridgehead atoms. The normalized spacial score (nSPS) is 13.5. The summed E-state index contributed by atoms with van der Waals surface area (Å²) in [6.07, 6.45) is 1.09. The number of carbonyl (C=O) groups is 1. The van der Waals surface area contributed by atoms with Crippen molar-refractivity contribution < 1.29 is 4.79 Å². The molecule has 0 aliphatic carbocycles. The van der Waals surface area contributed by atoms with Crippen molar-refractivity contribution in [3.8, 4) is 0 Å². The standard InChI is InChI=1S/C23H27N3O2/c1-5-15(4)16-10-12-17(13-11-16)20(14(2)3)24-23(28)21-18-8-6-7-9-19(18)22(27)26-25-21/h6-15,20H,5H2,1-4H3,(H,24,28)(H,26,27). The topological polar surface area (TPSA) is 74.8 Å². The molecule has 0 fully saturated rings. The highest BCUT2D eigenvalue weighted by molar-refractivity contribution is 6.04. The number of aromatic nitrogens is 2. The van der Waals surface area contributed by atoms with Crippen molar-refractivity contribution in [3.63, 3.8) is 0 Å². The van der Waals surface area contributed by atoms with Crippen molar-refractivity contribution in [3.05, 3.63) is 75.7 Å². The van der Waals surface area contributed by atoms with Crippen LogP contribution in [0.5, 0.6) is 0 Å². The van der Waals surface area contributed by atoms with Gasteiger partial charge >= 0.3 is 0 Å². The summed E-state index contributed by atoms with van der Waals surface area (Å²) in [7, 11) is 0. The molecule has 1 amide bonds. The average molecular weight is 377 g/mol. The summed E-state index contributed by atoms with van der Waals surface area (Å²) < 4.78 is 0. The van der Waals surface area contributed by atoms with Gasteiger partial charge in [0.05, 0.1) is 11.4 Å². The molecule has 1 heterocycles. The summed E-state index contributed by atoms with van der Waals surface area (Å²) in [5.41, 5.74) is 2.29. The highest BCUT2D eigenvalue weighted by Gasteiger charge is 2.22. The van der Waals surface area contributed by atoms with Crippen LogP contribution in [0.25, 0.3) is 10.8 Å². The van der Waals surface area contributed by atoms with Crippen LogP contribution in [0.15, 0.2) is 53.3 Å². The molecule has 0 radical (unpaired) electrons. The molecule has 5 heteroatoms. The van der Waals surface area contributed by atoms with Gasteiger partial charge in [0.1, 0.15) is 0 Å². The third-order valence-electron chi connectivity index (χ3n) is 5.34. The molecule has 3 rings (SSSR count). The number of carbonyl (C=O) groups excluding carboxylic acids is 1. The van der Waals surface area contributed by atoms with E-state index in [1.54, 1.807) is 24.3 Å². The van der Waals surface area contributed by atoms with E-state index in [0.29, 0.717) is 16.7 Å². The lowest BCUT2D eigenvalue weighted by Gasteiger charge is -2.23. The van der Waals surface area contributed by atoms with E-state index in [2.05, 4.69) is 67.5 Å². The van der Waals surface area contributed by atoms with Gasteiger partial charge in [-0.25, -0.2) is 5.10 Å². The molecular weight excluding hydrogens is 350 g/mol. The number of H-pyrrole nitrogens is 1. The summed E-state index contributed by atoms with van der Waals surface area (Å²) in [6, 6.07) is 15.3. The molecule has 28 heavy (non-hydrogen) atoms. The second kappa shape index (κ2) is 8.38. The first kappa shape index (κ1) is 19.8. The predicted molar refractivity (Wildman–Crippen MR) is 113 cm³/mol.